The third-order valence-electron chi connectivity index (χ3n) is 5.41. The van der Waals surface area contributed by atoms with Gasteiger partial charge >= 0.3 is 17.9 Å². The summed E-state index contributed by atoms with van der Waals surface area (Å²) in [6.07, 6.45) is 1.60. The van der Waals surface area contributed by atoms with Crippen LogP contribution in [0, 0.1) is 6.92 Å². The quantitative estimate of drug-likeness (QED) is 0.417. The van der Waals surface area contributed by atoms with Crippen LogP contribution in [0.2, 0.25) is 0 Å². The summed E-state index contributed by atoms with van der Waals surface area (Å²) in [5.41, 5.74) is 0.694. The number of H-pyrrole nitrogens is 1. The zero-order valence-corrected chi connectivity index (χ0v) is 20.2. The van der Waals surface area contributed by atoms with Crippen molar-refractivity contribution in [2.45, 2.75) is 45.1 Å². The standard InChI is InChI=1S/C23H28N2O8S/c1-4-31-22(27)19-15(3)20(23(28)32-5-2)24-18(19)14-33-21(26)16-9-8-10-17(13-16)34(29,30)25-11-6-7-12-25/h8-10,13,24H,4-7,11-12,14H2,1-3H3. The maximum absolute atomic E-state index is 12.8. The fourth-order valence-corrected chi connectivity index (χ4v) is 5.30. The largest absolute Gasteiger partial charge is 0.462 e. The minimum absolute atomic E-state index is 0.0105. The van der Waals surface area contributed by atoms with Gasteiger partial charge in [-0.1, -0.05) is 6.07 Å². The molecule has 2 aromatic rings. The molecule has 1 aliphatic rings. The first-order chi connectivity index (χ1) is 16.2. The van der Waals surface area contributed by atoms with Gasteiger partial charge in [-0.15, -0.1) is 0 Å². The lowest BCUT2D eigenvalue weighted by atomic mass is 10.1. The highest BCUT2D eigenvalue weighted by molar-refractivity contribution is 7.89. The van der Waals surface area contributed by atoms with E-state index in [0.717, 1.165) is 12.8 Å². The summed E-state index contributed by atoms with van der Waals surface area (Å²) in [7, 11) is -3.70. The van der Waals surface area contributed by atoms with Crippen molar-refractivity contribution < 1.29 is 37.0 Å². The van der Waals surface area contributed by atoms with Crippen LogP contribution in [0.4, 0.5) is 0 Å². The number of aromatic amines is 1. The van der Waals surface area contributed by atoms with E-state index >= 15 is 0 Å². The number of rotatable bonds is 9. The molecular formula is C23H28N2O8S. The topological polar surface area (TPSA) is 132 Å². The number of nitrogens with one attached hydrogen (secondary N) is 1. The average molecular weight is 493 g/mol. The van der Waals surface area contributed by atoms with Crippen molar-refractivity contribution in [1.29, 1.82) is 0 Å². The molecule has 11 heteroatoms. The van der Waals surface area contributed by atoms with E-state index in [-0.39, 0.29) is 47.2 Å². The predicted molar refractivity (Wildman–Crippen MR) is 121 cm³/mol. The van der Waals surface area contributed by atoms with Gasteiger partial charge in [-0.3, -0.25) is 0 Å². The molecule has 0 radical (unpaired) electrons. The van der Waals surface area contributed by atoms with Crippen molar-refractivity contribution in [2.75, 3.05) is 26.3 Å². The second-order valence-electron chi connectivity index (χ2n) is 7.63. The second-order valence-corrected chi connectivity index (χ2v) is 9.57. The minimum atomic E-state index is -3.70. The van der Waals surface area contributed by atoms with Gasteiger partial charge in [0.2, 0.25) is 10.0 Å². The van der Waals surface area contributed by atoms with Gasteiger partial charge in [0.05, 0.1) is 34.9 Å². The van der Waals surface area contributed by atoms with E-state index in [1.54, 1.807) is 20.8 Å². The molecule has 1 aromatic carbocycles. The number of ether oxygens (including phenoxy) is 3. The number of carbonyl (C=O) groups excluding carboxylic acids is 3. The summed E-state index contributed by atoms with van der Waals surface area (Å²) in [5.74, 6) is -2.10. The van der Waals surface area contributed by atoms with Crippen LogP contribution in [0.25, 0.3) is 0 Å². The Hall–Kier alpha value is -3.18. The molecule has 0 spiro atoms. The molecule has 2 heterocycles. The molecule has 184 valence electrons. The van der Waals surface area contributed by atoms with Crippen LogP contribution in [0.5, 0.6) is 0 Å². The average Bonchev–Trinajstić information content (AvgIpc) is 3.46. The number of esters is 3. The first-order valence-electron chi connectivity index (χ1n) is 11.0. The van der Waals surface area contributed by atoms with Crippen molar-refractivity contribution in [1.82, 2.24) is 9.29 Å². The number of sulfonamides is 1. The monoisotopic (exact) mass is 492 g/mol. The highest BCUT2D eigenvalue weighted by Crippen LogP contribution is 2.24. The molecule has 1 saturated heterocycles. The summed E-state index contributed by atoms with van der Waals surface area (Å²) in [6.45, 7) is 5.66. The molecule has 34 heavy (non-hydrogen) atoms. The molecule has 1 N–H and O–H groups in total. The zero-order valence-electron chi connectivity index (χ0n) is 19.4. The maximum Gasteiger partial charge on any atom is 0.355 e. The van der Waals surface area contributed by atoms with Crippen LogP contribution in [0.15, 0.2) is 29.2 Å². The highest BCUT2D eigenvalue weighted by Gasteiger charge is 2.29. The normalized spacial score (nSPS) is 14.1. The number of hydrogen-bond donors (Lipinski definition) is 1. The van der Waals surface area contributed by atoms with Crippen LogP contribution in [0.3, 0.4) is 0 Å². The number of nitrogens with zero attached hydrogens (tertiary/aromatic N) is 1. The molecule has 0 bridgehead atoms. The number of hydrogen-bond acceptors (Lipinski definition) is 8. The van der Waals surface area contributed by atoms with Crippen molar-refractivity contribution in [3.05, 3.63) is 52.3 Å². The first kappa shape index (κ1) is 25.4. The predicted octanol–water partition coefficient (Wildman–Crippen LogP) is 2.82. The minimum Gasteiger partial charge on any atom is -0.462 e. The smallest absolute Gasteiger partial charge is 0.355 e. The molecule has 0 amide bonds. The molecule has 3 rings (SSSR count). The van der Waals surface area contributed by atoms with Crippen LogP contribution < -0.4 is 0 Å². The lowest BCUT2D eigenvalue weighted by Crippen LogP contribution is -2.28. The first-order valence-corrected chi connectivity index (χ1v) is 12.5. The van der Waals surface area contributed by atoms with Gasteiger partial charge in [0.15, 0.2) is 0 Å². The molecule has 0 atom stereocenters. The molecule has 1 aliphatic heterocycles. The van der Waals surface area contributed by atoms with Crippen molar-refractivity contribution in [3.8, 4) is 0 Å². The van der Waals surface area contributed by atoms with E-state index in [1.165, 1.54) is 28.6 Å². The number of carbonyl (C=O) groups is 3. The summed E-state index contributed by atoms with van der Waals surface area (Å²) in [5, 5.41) is 0. The van der Waals surface area contributed by atoms with Gasteiger partial charge < -0.3 is 19.2 Å². The highest BCUT2D eigenvalue weighted by atomic mass is 32.2. The zero-order chi connectivity index (χ0) is 24.9. The molecule has 0 aliphatic carbocycles. The van der Waals surface area contributed by atoms with Crippen molar-refractivity contribution >= 4 is 27.9 Å². The van der Waals surface area contributed by atoms with Gasteiger partial charge in [0.1, 0.15) is 12.3 Å². The van der Waals surface area contributed by atoms with Crippen molar-refractivity contribution in [3.63, 3.8) is 0 Å². The lowest BCUT2D eigenvalue weighted by molar-refractivity contribution is 0.0445. The molecular weight excluding hydrogens is 464 g/mol. The molecule has 0 saturated carbocycles. The Morgan fingerprint density at radius 1 is 0.971 bits per heavy atom. The van der Waals surface area contributed by atoms with Gasteiger partial charge in [-0.25, -0.2) is 22.8 Å². The van der Waals surface area contributed by atoms with Gasteiger partial charge in [-0.05, 0) is 57.4 Å². The summed E-state index contributed by atoms with van der Waals surface area (Å²) >= 11 is 0. The van der Waals surface area contributed by atoms with E-state index in [9.17, 15) is 22.8 Å². The Bertz CT molecular complexity index is 1180. The van der Waals surface area contributed by atoms with E-state index in [2.05, 4.69) is 4.98 Å². The van der Waals surface area contributed by atoms with Crippen LogP contribution in [-0.4, -0.2) is 61.9 Å². The Morgan fingerprint density at radius 3 is 2.26 bits per heavy atom. The van der Waals surface area contributed by atoms with Gasteiger partial charge in [0, 0.05) is 13.1 Å². The molecule has 0 unspecified atom stereocenters. The Balaban J connectivity index is 1.82. The fourth-order valence-electron chi connectivity index (χ4n) is 3.74. The van der Waals surface area contributed by atoms with E-state index in [4.69, 9.17) is 14.2 Å². The Labute approximate surface area is 198 Å². The third kappa shape index (κ3) is 5.31. The van der Waals surface area contributed by atoms with Gasteiger partial charge in [-0.2, -0.15) is 4.31 Å². The Morgan fingerprint density at radius 2 is 1.62 bits per heavy atom. The van der Waals surface area contributed by atoms with Gasteiger partial charge in [0.25, 0.3) is 0 Å². The summed E-state index contributed by atoms with van der Waals surface area (Å²) < 4.78 is 42.4. The molecule has 1 fully saturated rings. The lowest BCUT2D eigenvalue weighted by Gasteiger charge is -2.15. The van der Waals surface area contributed by atoms with Crippen molar-refractivity contribution in [2.24, 2.45) is 0 Å². The molecule has 10 nitrogen and oxygen atoms in total. The SMILES string of the molecule is CCOC(=O)c1[nH]c(COC(=O)c2cccc(S(=O)(=O)N3CCCC3)c2)c(C(=O)OCC)c1C. The Kier molecular flexibility index (Phi) is 8.11. The van der Waals surface area contributed by atoms with Crippen LogP contribution in [-0.2, 0) is 30.8 Å². The van der Waals surface area contributed by atoms with E-state index in [1.807, 2.05) is 0 Å². The van der Waals surface area contributed by atoms with E-state index in [0.29, 0.717) is 18.7 Å². The van der Waals surface area contributed by atoms with E-state index < -0.39 is 27.9 Å². The van der Waals surface area contributed by atoms with Crippen LogP contribution in [0.1, 0.15) is 69.2 Å². The number of aromatic nitrogens is 1. The fraction of sp³-hybridized carbons (Fsp3) is 0.435. The molecule has 1 aromatic heterocycles. The summed E-state index contributed by atoms with van der Waals surface area (Å²) in [6, 6.07) is 5.62. The summed E-state index contributed by atoms with van der Waals surface area (Å²) in [4.78, 5) is 40.2. The third-order valence-corrected chi connectivity index (χ3v) is 7.30. The van der Waals surface area contributed by atoms with Crippen LogP contribution >= 0.6 is 0 Å². The second kappa shape index (κ2) is 10.8. The maximum atomic E-state index is 12.8. The number of benzene rings is 1.